The standard InChI is InChI=1S/C8H14N2OS/c1-2-9-5-7(1)6-12-8-10-3-4-11-8/h7,9H,1-6H2. The van der Waals surface area contributed by atoms with E-state index in [1.54, 1.807) is 11.8 Å². The fraction of sp³-hybridized carbons (Fsp3) is 0.875. The quantitative estimate of drug-likeness (QED) is 0.690. The molecule has 68 valence electrons. The molecule has 0 amide bonds. The van der Waals surface area contributed by atoms with Crippen molar-refractivity contribution in [3.05, 3.63) is 0 Å². The molecule has 2 heterocycles. The number of nitrogens with one attached hydrogen (secondary N) is 1. The van der Waals surface area contributed by atoms with E-state index >= 15 is 0 Å². The molecular formula is C8H14N2OS. The van der Waals surface area contributed by atoms with Crippen molar-refractivity contribution in [3.63, 3.8) is 0 Å². The van der Waals surface area contributed by atoms with E-state index in [1.165, 1.54) is 19.5 Å². The molecular weight excluding hydrogens is 172 g/mol. The first-order valence-corrected chi connectivity index (χ1v) is 5.44. The van der Waals surface area contributed by atoms with Gasteiger partial charge in [-0.05, 0) is 25.4 Å². The van der Waals surface area contributed by atoms with E-state index in [0.717, 1.165) is 30.1 Å². The van der Waals surface area contributed by atoms with Gasteiger partial charge in [0, 0.05) is 5.75 Å². The molecule has 2 aliphatic heterocycles. The molecule has 0 spiro atoms. The van der Waals surface area contributed by atoms with Gasteiger partial charge >= 0.3 is 0 Å². The Hall–Kier alpha value is -0.220. The van der Waals surface area contributed by atoms with E-state index in [4.69, 9.17) is 4.74 Å². The summed E-state index contributed by atoms with van der Waals surface area (Å²) < 4.78 is 5.31. The zero-order valence-electron chi connectivity index (χ0n) is 7.08. The zero-order chi connectivity index (χ0) is 8.23. The lowest BCUT2D eigenvalue weighted by Crippen LogP contribution is -2.11. The molecule has 1 unspecified atom stereocenters. The third-order valence-electron chi connectivity index (χ3n) is 2.16. The summed E-state index contributed by atoms with van der Waals surface area (Å²) in [6.07, 6.45) is 1.31. The summed E-state index contributed by atoms with van der Waals surface area (Å²) in [6.45, 7) is 3.98. The number of ether oxygens (including phenoxy) is 1. The fourth-order valence-electron chi connectivity index (χ4n) is 1.45. The van der Waals surface area contributed by atoms with E-state index in [9.17, 15) is 0 Å². The highest BCUT2D eigenvalue weighted by molar-refractivity contribution is 8.13. The van der Waals surface area contributed by atoms with Crippen LogP contribution in [0.25, 0.3) is 0 Å². The Morgan fingerprint density at radius 2 is 2.67 bits per heavy atom. The summed E-state index contributed by atoms with van der Waals surface area (Å²) in [5, 5.41) is 4.26. The second-order valence-corrected chi connectivity index (χ2v) is 4.14. The lowest BCUT2D eigenvalue weighted by molar-refractivity contribution is 0.356. The summed E-state index contributed by atoms with van der Waals surface area (Å²) in [5.41, 5.74) is 0. The van der Waals surface area contributed by atoms with Gasteiger partial charge in [-0.3, -0.25) is 0 Å². The second-order valence-electron chi connectivity index (χ2n) is 3.17. The number of aliphatic imine (C=N–C) groups is 1. The Kier molecular flexibility index (Phi) is 2.89. The van der Waals surface area contributed by atoms with Gasteiger partial charge in [0.25, 0.3) is 0 Å². The summed E-state index contributed by atoms with van der Waals surface area (Å²) in [6, 6.07) is 0. The molecule has 2 rings (SSSR count). The third-order valence-corrected chi connectivity index (χ3v) is 3.29. The van der Waals surface area contributed by atoms with Crippen LogP contribution >= 0.6 is 11.8 Å². The number of thioether (sulfide) groups is 1. The van der Waals surface area contributed by atoms with Crippen LogP contribution < -0.4 is 5.32 Å². The number of rotatable bonds is 2. The lowest BCUT2D eigenvalue weighted by Gasteiger charge is -2.06. The monoisotopic (exact) mass is 186 g/mol. The lowest BCUT2D eigenvalue weighted by atomic mass is 10.2. The molecule has 0 saturated carbocycles. The molecule has 0 aliphatic carbocycles. The highest BCUT2D eigenvalue weighted by Gasteiger charge is 2.16. The summed E-state index contributed by atoms with van der Waals surface area (Å²) in [4.78, 5) is 4.23. The topological polar surface area (TPSA) is 33.6 Å². The van der Waals surface area contributed by atoms with Gasteiger partial charge in [-0.25, -0.2) is 4.99 Å². The summed E-state index contributed by atoms with van der Waals surface area (Å²) in [5.74, 6) is 1.98. The molecule has 0 radical (unpaired) electrons. The Balaban J connectivity index is 1.67. The van der Waals surface area contributed by atoms with Crippen LogP contribution in [0.2, 0.25) is 0 Å². The smallest absolute Gasteiger partial charge is 0.245 e. The molecule has 3 nitrogen and oxygen atoms in total. The van der Waals surface area contributed by atoms with Crippen molar-refractivity contribution in [2.24, 2.45) is 10.9 Å². The minimum atomic E-state index is 0.783. The van der Waals surface area contributed by atoms with E-state index < -0.39 is 0 Å². The fourth-order valence-corrected chi connectivity index (χ4v) is 2.46. The van der Waals surface area contributed by atoms with Gasteiger partial charge in [-0.15, -0.1) is 0 Å². The van der Waals surface area contributed by atoms with Crippen molar-refractivity contribution < 1.29 is 4.74 Å². The first-order valence-electron chi connectivity index (χ1n) is 4.46. The van der Waals surface area contributed by atoms with Crippen LogP contribution in [0.5, 0.6) is 0 Å². The van der Waals surface area contributed by atoms with Crippen LogP contribution in [-0.4, -0.2) is 37.2 Å². The number of hydrogen-bond donors (Lipinski definition) is 1. The van der Waals surface area contributed by atoms with Crippen LogP contribution in [0.15, 0.2) is 4.99 Å². The maximum absolute atomic E-state index is 5.31. The van der Waals surface area contributed by atoms with Gasteiger partial charge in [0.05, 0.1) is 6.54 Å². The number of hydrogen-bond acceptors (Lipinski definition) is 4. The van der Waals surface area contributed by atoms with E-state index in [2.05, 4.69) is 10.3 Å². The van der Waals surface area contributed by atoms with Crippen molar-refractivity contribution in [1.82, 2.24) is 5.32 Å². The number of nitrogens with zero attached hydrogens (tertiary/aromatic N) is 1. The van der Waals surface area contributed by atoms with Gasteiger partial charge < -0.3 is 10.1 Å². The minimum Gasteiger partial charge on any atom is -0.471 e. The van der Waals surface area contributed by atoms with Gasteiger partial charge in [0.1, 0.15) is 6.61 Å². The van der Waals surface area contributed by atoms with Gasteiger partial charge in [0.2, 0.25) is 5.23 Å². The molecule has 4 heteroatoms. The Morgan fingerprint density at radius 3 is 3.33 bits per heavy atom. The zero-order valence-corrected chi connectivity index (χ0v) is 7.90. The maximum atomic E-state index is 5.31. The van der Waals surface area contributed by atoms with Crippen LogP contribution in [0.3, 0.4) is 0 Å². The van der Waals surface area contributed by atoms with Crippen LogP contribution in [-0.2, 0) is 4.74 Å². The Bertz CT molecular complexity index is 178. The van der Waals surface area contributed by atoms with Crippen LogP contribution in [0.4, 0.5) is 0 Å². The van der Waals surface area contributed by atoms with Crippen molar-refractivity contribution in [2.75, 3.05) is 32.0 Å². The van der Waals surface area contributed by atoms with E-state index in [-0.39, 0.29) is 0 Å². The molecule has 0 aromatic carbocycles. The van der Waals surface area contributed by atoms with Crippen molar-refractivity contribution in [3.8, 4) is 0 Å². The van der Waals surface area contributed by atoms with E-state index in [1.807, 2.05) is 0 Å². The van der Waals surface area contributed by atoms with E-state index in [0.29, 0.717) is 0 Å². The minimum absolute atomic E-state index is 0.783. The molecule has 0 aromatic heterocycles. The van der Waals surface area contributed by atoms with Crippen molar-refractivity contribution >= 4 is 17.0 Å². The predicted octanol–water partition coefficient (Wildman–Crippen LogP) is 0.715. The molecule has 1 fully saturated rings. The van der Waals surface area contributed by atoms with Crippen LogP contribution in [0.1, 0.15) is 6.42 Å². The molecule has 1 atom stereocenters. The average Bonchev–Trinajstić information content (AvgIpc) is 2.74. The SMILES string of the molecule is C1COC(SCC2CCNC2)=N1. The predicted molar refractivity (Wildman–Crippen MR) is 51.7 cm³/mol. The molecule has 2 aliphatic rings. The normalized spacial score (nSPS) is 28.7. The van der Waals surface area contributed by atoms with Crippen LogP contribution in [0, 0.1) is 5.92 Å². The molecule has 1 N–H and O–H groups in total. The highest BCUT2D eigenvalue weighted by Crippen LogP contribution is 2.18. The first kappa shape index (κ1) is 8.38. The Morgan fingerprint density at radius 1 is 1.67 bits per heavy atom. The first-order chi connectivity index (χ1) is 5.95. The molecule has 12 heavy (non-hydrogen) atoms. The van der Waals surface area contributed by atoms with Gasteiger partial charge in [-0.1, -0.05) is 11.8 Å². The largest absolute Gasteiger partial charge is 0.471 e. The molecule has 0 aromatic rings. The summed E-state index contributed by atoms with van der Waals surface area (Å²) >= 11 is 1.77. The maximum Gasteiger partial charge on any atom is 0.245 e. The molecule has 0 bridgehead atoms. The second kappa shape index (κ2) is 4.14. The average molecular weight is 186 g/mol. The Labute approximate surface area is 77.0 Å². The van der Waals surface area contributed by atoms with Gasteiger partial charge in [-0.2, -0.15) is 0 Å². The summed E-state index contributed by atoms with van der Waals surface area (Å²) in [7, 11) is 0. The van der Waals surface area contributed by atoms with Gasteiger partial charge in [0.15, 0.2) is 0 Å². The van der Waals surface area contributed by atoms with Crippen molar-refractivity contribution in [1.29, 1.82) is 0 Å². The van der Waals surface area contributed by atoms with Crippen molar-refractivity contribution in [2.45, 2.75) is 6.42 Å². The molecule has 1 saturated heterocycles. The highest BCUT2D eigenvalue weighted by atomic mass is 32.2. The third kappa shape index (κ3) is 2.14.